The predicted octanol–water partition coefficient (Wildman–Crippen LogP) is 1.34. The van der Waals surface area contributed by atoms with E-state index in [1.807, 2.05) is 19.1 Å². The van der Waals surface area contributed by atoms with Gasteiger partial charge in [-0.3, -0.25) is 4.98 Å². The average molecular weight is 286 g/mol. The number of hydrogen-bond acceptors (Lipinski definition) is 5. The third-order valence-electron chi connectivity index (χ3n) is 2.79. The third kappa shape index (κ3) is 5.06. The van der Waals surface area contributed by atoms with Crippen LogP contribution >= 0.6 is 0 Å². The number of nitrogens with zero attached hydrogens (tertiary/aromatic N) is 3. The minimum absolute atomic E-state index is 0.0934. The van der Waals surface area contributed by atoms with Crippen LogP contribution in [-0.4, -0.2) is 34.1 Å². The molecule has 110 valence electrons. The van der Waals surface area contributed by atoms with Gasteiger partial charge >= 0.3 is 6.03 Å². The Hall–Kier alpha value is -2.70. The van der Waals surface area contributed by atoms with E-state index >= 15 is 0 Å². The fourth-order valence-corrected chi connectivity index (χ4v) is 1.70. The molecule has 7 nitrogen and oxygen atoms in total. The zero-order valence-electron chi connectivity index (χ0n) is 11.8. The van der Waals surface area contributed by atoms with Gasteiger partial charge in [-0.1, -0.05) is 6.07 Å². The minimum atomic E-state index is -0.220. The maximum absolute atomic E-state index is 11.7. The van der Waals surface area contributed by atoms with E-state index in [2.05, 4.69) is 30.9 Å². The summed E-state index contributed by atoms with van der Waals surface area (Å²) in [4.78, 5) is 23.8. The van der Waals surface area contributed by atoms with Gasteiger partial charge in [-0.15, -0.1) is 0 Å². The fraction of sp³-hybridized carbons (Fsp3) is 0.286. The topological polar surface area (TPSA) is 91.8 Å². The van der Waals surface area contributed by atoms with Gasteiger partial charge in [-0.25, -0.2) is 14.8 Å². The number of carbonyl (C=O) groups excluding carboxylic acids is 1. The molecule has 0 spiro atoms. The molecule has 0 fully saturated rings. The number of rotatable bonds is 6. The van der Waals surface area contributed by atoms with Crippen LogP contribution in [0.2, 0.25) is 0 Å². The highest BCUT2D eigenvalue weighted by Crippen LogP contribution is 2.08. The van der Waals surface area contributed by atoms with Crippen LogP contribution < -0.4 is 16.0 Å². The lowest BCUT2D eigenvalue weighted by Gasteiger charge is -2.14. The minimum Gasteiger partial charge on any atom is -0.352 e. The van der Waals surface area contributed by atoms with E-state index in [4.69, 9.17) is 0 Å². The molecule has 0 aliphatic heterocycles. The molecule has 2 aromatic heterocycles. The van der Waals surface area contributed by atoms with Crippen LogP contribution in [0.25, 0.3) is 0 Å². The van der Waals surface area contributed by atoms with Crippen molar-refractivity contribution in [3.05, 3.63) is 48.5 Å². The number of hydrogen-bond donors (Lipinski definition) is 3. The van der Waals surface area contributed by atoms with Crippen LogP contribution in [0.1, 0.15) is 18.5 Å². The highest BCUT2D eigenvalue weighted by molar-refractivity contribution is 5.74. The second-order valence-corrected chi connectivity index (χ2v) is 4.41. The molecule has 7 heteroatoms. The van der Waals surface area contributed by atoms with Crippen molar-refractivity contribution in [3.63, 3.8) is 0 Å². The van der Waals surface area contributed by atoms with Crippen LogP contribution in [0.15, 0.2) is 43.0 Å². The molecule has 0 saturated heterocycles. The summed E-state index contributed by atoms with van der Waals surface area (Å²) in [5.41, 5.74) is 0.962. The van der Waals surface area contributed by atoms with Gasteiger partial charge in [-0.2, -0.15) is 0 Å². The highest BCUT2D eigenvalue weighted by Gasteiger charge is 2.08. The van der Waals surface area contributed by atoms with Gasteiger partial charge in [0.2, 0.25) is 5.95 Å². The van der Waals surface area contributed by atoms with Gasteiger partial charge in [0.25, 0.3) is 0 Å². The summed E-state index contributed by atoms with van der Waals surface area (Å²) in [5, 5.41) is 8.62. The number of anilines is 1. The first-order chi connectivity index (χ1) is 10.3. The van der Waals surface area contributed by atoms with Gasteiger partial charge in [0.05, 0.1) is 6.04 Å². The van der Waals surface area contributed by atoms with Crippen LogP contribution in [-0.2, 0) is 0 Å². The number of amides is 2. The van der Waals surface area contributed by atoms with Crippen molar-refractivity contribution in [2.75, 3.05) is 18.4 Å². The van der Waals surface area contributed by atoms with Gasteiger partial charge in [0.15, 0.2) is 0 Å². The second-order valence-electron chi connectivity index (χ2n) is 4.41. The number of pyridine rings is 1. The van der Waals surface area contributed by atoms with Crippen molar-refractivity contribution < 1.29 is 4.79 Å². The van der Waals surface area contributed by atoms with E-state index in [1.165, 1.54) is 0 Å². The Bertz CT molecular complexity index is 548. The molecular formula is C14H18N6O. The standard InChI is InChI=1S/C14H18N6O/c1-11(12-4-2-5-15-10-12)20-14(21)19-9-8-18-13-16-6-3-7-17-13/h2-7,10-11H,8-9H2,1H3,(H,16,17,18)(H2,19,20,21)/t11-/m0/s1. The zero-order chi connectivity index (χ0) is 14.9. The molecule has 0 aromatic carbocycles. The summed E-state index contributed by atoms with van der Waals surface area (Å²) in [6.45, 7) is 2.94. The van der Waals surface area contributed by atoms with E-state index in [0.29, 0.717) is 19.0 Å². The molecule has 0 aliphatic rings. The molecule has 0 bridgehead atoms. The van der Waals surface area contributed by atoms with Crippen molar-refractivity contribution in [2.45, 2.75) is 13.0 Å². The summed E-state index contributed by atoms with van der Waals surface area (Å²) in [6.07, 6.45) is 6.75. The molecular weight excluding hydrogens is 268 g/mol. The van der Waals surface area contributed by atoms with Crippen LogP contribution in [0, 0.1) is 0 Å². The third-order valence-corrected chi connectivity index (χ3v) is 2.79. The molecule has 1 atom stereocenters. The molecule has 3 N–H and O–H groups in total. The molecule has 2 aromatic rings. The first-order valence-corrected chi connectivity index (χ1v) is 6.71. The maximum Gasteiger partial charge on any atom is 0.315 e. The summed E-state index contributed by atoms with van der Waals surface area (Å²) in [7, 11) is 0. The Morgan fingerprint density at radius 1 is 1.19 bits per heavy atom. The van der Waals surface area contributed by atoms with Gasteiger partial charge in [-0.05, 0) is 24.6 Å². The molecule has 2 heterocycles. The van der Waals surface area contributed by atoms with E-state index < -0.39 is 0 Å². The lowest BCUT2D eigenvalue weighted by atomic mass is 10.1. The zero-order valence-corrected chi connectivity index (χ0v) is 11.8. The normalized spacial score (nSPS) is 11.5. The van der Waals surface area contributed by atoms with Crippen molar-refractivity contribution in [1.29, 1.82) is 0 Å². The van der Waals surface area contributed by atoms with Gasteiger partial charge < -0.3 is 16.0 Å². The Morgan fingerprint density at radius 2 is 2.00 bits per heavy atom. The molecule has 2 amide bonds. The van der Waals surface area contributed by atoms with Crippen molar-refractivity contribution >= 4 is 12.0 Å². The van der Waals surface area contributed by atoms with E-state index in [0.717, 1.165) is 5.56 Å². The maximum atomic E-state index is 11.7. The van der Waals surface area contributed by atoms with Gasteiger partial charge in [0, 0.05) is 37.9 Å². The number of urea groups is 1. The summed E-state index contributed by atoms with van der Waals surface area (Å²) < 4.78 is 0. The molecule has 0 saturated carbocycles. The first-order valence-electron chi connectivity index (χ1n) is 6.71. The van der Waals surface area contributed by atoms with Crippen LogP contribution in [0.3, 0.4) is 0 Å². The lowest BCUT2D eigenvalue weighted by Crippen LogP contribution is -2.39. The summed E-state index contributed by atoms with van der Waals surface area (Å²) in [5.74, 6) is 0.545. The fourth-order valence-electron chi connectivity index (χ4n) is 1.70. The van der Waals surface area contributed by atoms with Crippen molar-refractivity contribution in [2.24, 2.45) is 0 Å². The summed E-state index contributed by atoms with van der Waals surface area (Å²) >= 11 is 0. The largest absolute Gasteiger partial charge is 0.352 e. The van der Waals surface area contributed by atoms with E-state index in [1.54, 1.807) is 30.9 Å². The number of carbonyl (C=O) groups is 1. The second kappa shape index (κ2) is 7.78. The smallest absolute Gasteiger partial charge is 0.315 e. The van der Waals surface area contributed by atoms with Crippen LogP contribution in [0.5, 0.6) is 0 Å². The Kier molecular flexibility index (Phi) is 5.45. The summed E-state index contributed by atoms with van der Waals surface area (Å²) in [6, 6.07) is 5.20. The SMILES string of the molecule is C[C@H](NC(=O)NCCNc1ncccn1)c1cccnc1. The Morgan fingerprint density at radius 3 is 2.71 bits per heavy atom. The Labute approximate surface area is 123 Å². The lowest BCUT2D eigenvalue weighted by molar-refractivity contribution is 0.238. The highest BCUT2D eigenvalue weighted by atomic mass is 16.2. The average Bonchev–Trinajstić information content (AvgIpc) is 2.53. The van der Waals surface area contributed by atoms with E-state index in [-0.39, 0.29) is 12.1 Å². The monoisotopic (exact) mass is 286 g/mol. The number of nitrogens with one attached hydrogen (secondary N) is 3. The first kappa shape index (κ1) is 14.7. The Balaban J connectivity index is 1.66. The van der Waals surface area contributed by atoms with E-state index in [9.17, 15) is 4.79 Å². The molecule has 0 radical (unpaired) electrons. The predicted molar refractivity (Wildman–Crippen MR) is 79.7 cm³/mol. The van der Waals surface area contributed by atoms with Crippen molar-refractivity contribution in [1.82, 2.24) is 25.6 Å². The van der Waals surface area contributed by atoms with Crippen molar-refractivity contribution in [3.8, 4) is 0 Å². The van der Waals surface area contributed by atoms with Crippen LogP contribution in [0.4, 0.5) is 10.7 Å². The molecule has 21 heavy (non-hydrogen) atoms. The number of aromatic nitrogens is 3. The quantitative estimate of drug-likeness (QED) is 0.697. The molecule has 0 aliphatic carbocycles. The molecule has 2 rings (SSSR count). The van der Waals surface area contributed by atoms with Gasteiger partial charge in [0.1, 0.15) is 0 Å². The molecule has 0 unspecified atom stereocenters.